The van der Waals surface area contributed by atoms with Gasteiger partial charge < -0.3 is 15.0 Å². The number of amides is 1. The van der Waals surface area contributed by atoms with Crippen LogP contribution in [0, 0.1) is 11.3 Å². The van der Waals surface area contributed by atoms with Crippen molar-refractivity contribution in [2.75, 3.05) is 31.6 Å². The number of nitrogens with zero attached hydrogens (tertiary/aromatic N) is 2. The third-order valence-corrected chi connectivity index (χ3v) is 3.53. The van der Waals surface area contributed by atoms with Gasteiger partial charge in [0.25, 0.3) is 0 Å². The second-order valence-electron chi connectivity index (χ2n) is 5.17. The number of nitrogens with one attached hydrogen (secondary N) is 1. The van der Waals surface area contributed by atoms with Crippen LogP contribution in [0.2, 0.25) is 0 Å². The van der Waals surface area contributed by atoms with Crippen molar-refractivity contribution in [3.8, 4) is 6.07 Å². The van der Waals surface area contributed by atoms with E-state index in [1.54, 1.807) is 17.9 Å². The minimum atomic E-state index is -4.51. The van der Waals surface area contributed by atoms with E-state index in [-0.39, 0.29) is 17.2 Å². The molecule has 1 amide bonds. The number of hydrogen-bond acceptors (Lipinski definition) is 4. The number of morpholine rings is 1. The van der Waals surface area contributed by atoms with Gasteiger partial charge in [-0.2, -0.15) is 18.4 Å². The fourth-order valence-electron chi connectivity index (χ4n) is 2.29. The Hall–Kier alpha value is -2.27. The second-order valence-corrected chi connectivity index (χ2v) is 5.17. The van der Waals surface area contributed by atoms with E-state index >= 15 is 0 Å². The Morgan fingerprint density at radius 2 is 2.04 bits per heavy atom. The van der Waals surface area contributed by atoms with Gasteiger partial charge in [-0.3, -0.25) is 4.79 Å². The first kappa shape index (κ1) is 17.1. The maximum Gasteiger partial charge on any atom is 0.416 e. The lowest BCUT2D eigenvalue weighted by atomic mass is 10.1. The Kier molecular flexibility index (Phi) is 5.11. The molecule has 1 heterocycles. The van der Waals surface area contributed by atoms with E-state index in [9.17, 15) is 18.0 Å². The van der Waals surface area contributed by atoms with E-state index in [1.807, 2.05) is 0 Å². The van der Waals surface area contributed by atoms with Gasteiger partial charge in [-0.15, -0.1) is 0 Å². The van der Waals surface area contributed by atoms with Gasteiger partial charge >= 0.3 is 6.18 Å². The van der Waals surface area contributed by atoms with Crippen molar-refractivity contribution in [2.24, 2.45) is 0 Å². The largest absolute Gasteiger partial charge is 0.416 e. The molecule has 1 atom stereocenters. The number of alkyl halides is 3. The molecule has 1 saturated heterocycles. The number of rotatable bonds is 3. The van der Waals surface area contributed by atoms with Crippen molar-refractivity contribution < 1.29 is 22.7 Å². The van der Waals surface area contributed by atoms with Gasteiger partial charge in [0, 0.05) is 13.1 Å². The molecule has 0 bridgehead atoms. The molecule has 1 aliphatic rings. The van der Waals surface area contributed by atoms with Crippen LogP contribution in [0.4, 0.5) is 18.9 Å². The van der Waals surface area contributed by atoms with Crippen LogP contribution in [-0.2, 0) is 15.7 Å². The molecule has 0 saturated carbocycles. The lowest BCUT2D eigenvalue weighted by Gasteiger charge is -2.30. The van der Waals surface area contributed by atoms with Crippen LogP contribution >= 0.6 is 0 Å². The van der Waals surface area contributed by atoms with Gasteiger partial charge in [-0.1, -0.05) is 0 Å². The molecule has 23 heavy (non-hydrogen) atoms. The second kappa shape index (κ2) is 6.87. The highest BCUT2D eigenvalue weighted by Crippen LogP contribution is 2.31. The third kappa shape index (κ3) is 4.13. The van der Waals surface area contributed by atoms with E-state index in [0.29, 0.717) is 26.3 Å². The molecule has 0 aliphatic carbocycles. The van der Waals surface area contributed by atoms with Crippen LogP contribution in [0.5, 0.6) is 0 Å². The predicted molar refractivity (Wildman–Crippen MR) is 76.6 cm³/mol. The fourth-order valence-corrected chi connectivity index (χ4v) is 2.29. The molecule has 1 fully saturated rings. The zero-order valence-corrected chi connectivity index (χ0v) is 12.5. The molecule has 0 radical (unpaired) electrons. The number of ether oxygens (including phenoxy) is 1. The highest BCUT2D eigenvalue weighted by molar-refractivity contribution is 5.85. The van der Waals surface area contributed by atoms with Gasteiger partial charge in [-0.05, 0) is 25.1 Å². The number of nitriles is 1. The highest BCUT2D eigenvalue weighted by atomic mass is 19.4. The van der Waals surface area contributed by atoms with Gasteiger partial charge in [0.15, 0.2) is 0 Å². The molecule has 1 unspecified atom stereocenters. The van der Waals surface area contributed by atoms with Crippen LogP contribution in [0.15, 0.2) is 18.2 Å². The number of hydrogen-bond donors (Lipinski definition) is 1. The monoisotopic (exact) mass is 327 g/mol. The first-order valence-corrected chi connectivity index (χ1v) is 7.07. The van der Waals surface area contributed by atoms with Gasteiger partial charge in [0.2, 0.25) is 5.91 Å². The van der Waals surface area contributed by atoms with Gasteiger partial charge in [-0.25, -0.2) is 0 Å². The molecular formula is C15H16F3N3O2. The Morgan fingerprint density at radius 1 is 1.39 bits per heavy atom. The normalized spacial score (nSPS) is 16.6. The molecule has 8 heteroatoms. The van der Waals surface area contributed by atoms with E-state index in [1.165, 1.54) is 6.07 Å². The summed E-state index contributed by atoms with van der Waals surface area (Å²) in [4.78, 5) is 13.9. The molecule has 0 spiro atoms. The Morgan fingerprint density at radius 3 is 2.61 bits per heavy atom. The summed E-state index contributed by atoms with van der Waals surface area (Å²) in [6, 6.07) is 3.90. The molecule has 1 aromatic rings. The summed E-state index contributed by atoms with van der Waals surface area (Å²) in [6.45, 7) is 3.48. The van der Waals surface area contributed by atoms with Crippen molar-refractivity contribution >= 4 is 11.6 Å². The first-order chi connectivity index (χ1) is 10.8. The number of benzene rings is 1. The zero-order valence-electron chi connectivity index (χ0n) is 12.5. The zero-order chi connectivity index (χ0) is 17.0. The summed E-state index contributed by atoms with van der Waals surface area (Å²) in [5.41, 5.74) is -0.845. The standard InChI is InChI=1S/C15H16F3N3O2/c1-10(14(22)21-4-6-23-7-5-21)20-13-3-2-12(15(16,17)18)8-11(13)9-19/h2-3,8,10,20H,4-7H2,1H3. The van der Waals surface area contributed by atoms with Crippen molar-refractivity contribution in [3.63, 3.8) is 0 Å². The van der Waals surface area contributed by atoms with E-state index in [4.69, 9.17) is 10.00 Å². The summed E-state index contributed by atoms with van der Waals surface area (Å²) < 4.78 is 43.2. The average Bonchev–Trinajstić information content (AvgIpc) is 2.54. The minimum absolute atomic E-state index is 0.151. The van der Waals surface area contributed by atoms with E-state index in [0.717, 1.165) is 12.1 Å². The highest BCUT2D eigenvalue weighted by Gasteiger charge is 2.31. The maximum atomic E-state index is 12.7. The quantitative estimate of drug-likeness (QED) is 0.925. The van der Waals surface area contributed by atoms with Crippen molar-refractivity contribution in [2.45, 2.75) is 19.1 Å². The molecule has 1 N–H and O–H groups in total. The Bertz CT molecular complexity index is 619. The summed E-state index contributed by atoms with van der Waals surface area (Å²) in [6.07, 6.45) is -4.51. The molecule has 0 aromatic heterocycles. The lowest BCUT2D eigenvalue weighted by molar-refractivity contribution is -0.137. The lowest BCUT2D eigenvalue weighted by Crippen LogP contribution is -2.47. The number of anilines is 1. The Balaban J connectivity index is 2.12. The van der Waals surface area contributed by atoms with Crippen molar-refractivity contribution in [3.05, 3.63) is 29.3 Å². The van der Waals surface area contributed by atoms with Crippen LogP contribution in [0.3, 0.4) is 0 Å². The molecule has 2 rings (SSSR count). The molecule has 1 aromatic carbocycles. The topological polar surface area (TPSA) is 65.4 Å². The summed E-state index contributed by atoms with van der Waals surface area (Å²) in [5, 5.41) is 11.9. The average molecular weight is 327 g/mol. The summed E-state index contributed by atoms with van der Waals surface area (Å²) >= 11 is 0. The van der Waals surface area contributed by atoms with Crippen LogP contribution < -0.4 is 5.32 Å². The fraction of sp³-hybridized carbons (Fsp3) is 0.467. The van der Waals surface area contributed by atoms with E-state index in [2.05, 4.69) is 5.32 Å². The van der Waals surface area contributed by atoms with Gasteiger partial charge in [0.1, 0.15) is 12.1 Å². The Labute approximate surface area is 131 Å². The minimum Gasteiger partial charge on any atom is -0.378 e. The number of carbonyl (C=O) groups excluding carboxylic acids is 1. The van der Waals surface area contributed by atoms with Crippen LogP contribution in [-0.4, -0.2) is 43.2 Å². The van der Waals surface area contributed by atoms with Crippen molar-refractivity contribution in [1.82, 2.24) is 4.90 Å². The van der Waals surface area contributed by atoms with Gasteiger partial charge in [0.05, 0.1) is 30.0 Å². The van der Waals surface area contributed by atoms with Crippen LogP contribution in [0.1, 0.15) is 18.1 Å². The summed E-state index contributed by atoms with van der Waals surface area (Å²) in [7, 11) is 0. The van der Waals surface area contributed by atoms with E-state index < -0.39 is 17.8 Å². The third-order valence-electron chi connectivity index (χ3n) is 3.53. The van der Waals surface area contributed by atoms with Crippen molar-refractivity contribution in [1.29, 1.82) is 5.26 Å². The maximum absolute atomic E-state index is 12.7. The molecule has 124 valence electrons. The SMILES string of the molecule is CC(Nc1ccc(C(F)(F)F)cc1C#N)C(=O)N1CCOCC1. The predicted octanol–water partition coefficient (Wildman–Crippen LogP) is 2.24. The number of halogens is 3. The summed E-state index contributed by atoms with van der Waals surface area (Å²) in [5.74, 6) is -0.183. The molecular weight excluding hydrogens is 311 g/mol. The first-order valence-electron chi connectivity index (χ1n) is 7.07. The van der Waals surface area contributed by atoms with Crippen LogP contribution in [0.25, 0.3) is 0 Å². The smallest absolute Gasteiger partial charge is 0.378 e. The molecule has 5 nitrogen and oxygen atoms in total. The molecule has 1 aliphatic heterocycles. The number of carbonyl (C=O) groups is 1.